The minimum atomic E-state index is -0.163. The van der Waals surface area contributed by atoms with Crippen LogP contribution in [0.1, 0.15) is 27.5 Å². The van der Waals surface area contributed by atoms with E-state index in [1.54, 1.807) is 12.1 Å². The Bertz CT molecular complexity index is 789. The van der Waals surface area contributed by atoms with Gasteiger partial charge in [-0.15, -0.1) is 0 Å². The van der Waals surface area contributed by atoms with E-state index in [1.165, 1.54) is 11.8 Å². The summed E-state index contributed by atoms with van der Waals surface area (Å²) in [6.07, 6.45) is 2.21. The van der Waals surface area contributed by atoms with Crippen molar-refractivity contribution in [1.82, 2.24) is 10.3 Å². The summed E-state index contributed by atoms with van der Waals surface area (Å²) in [6, 6.07) is 23.3. The van der Waals surface area contributed by atoms with Crippen LogP contribution in [0.4, 0.5) is 0 Å². The van der Waals surface area contributed by atoms with E-state index in [9.17, 15) is 4.79 Å². The molecular formula is C20H17ClN2O. The third kappa shape index (κ3) is 4.21. The smallest absolute Gasteiger partial charge is 0.253 e. The fourth-order valence-corrected chi connectivity index (χ4v) is 2.65. The molecular weight excluding hydrogens is 320 g/mol. The number of hydrogen-bond acceptors (Lipinski definition) is 2. The molecule has 24 heavy (non-hydrogen) atoms. The Balaban J connectivity index is 1.82. The first-order chi connectivity index (χ1) is 11.7. The standard InChI is InChI=1S/C20H17ClN2O/c21-19-12-11-17(14-22-19)20(24)23-18(16-9-5-2-6-10-16)13-15-7-3-1-4-8-15/h1-12,14,18H,13H2,(H,23,24)/t18-/m0/s1. The Morgan fingerprint density at radius 2 is 1.62 bits per heavy atom. The predicted molar refractivity (Wildman–Crippen MR) is 96.0 cm³/mol. The molecule has 0 bridgehead atoms. The van der Waals surface area contributed by atoms with E-state index in [0.29, 0.717) is 10.7 Å². The molecule has 4 heteroatoms. The van der Waals surface area contributed by atoms with Gasteiger partial charge in [0.2, 0.25) is 0 Å². The van der Waals surface area contributed by atoms with Crippen molar-refractivity contribution in [3.8, 4) is 0 Å². The minimum absolute atomic E-state index is 0.114. The van der Waals surface area contributed by atoms with E-state index in [2.05, 4.69) is 22.4 Å². The largest absolute Gasteiger partial charge is 0.345 e. The molecule has 0 saturated heterocycles. The van der Waals surface area contributed by atoms with Crippen LogP contribution < -0.4 is 5.32 Å². The van der Waals surface area contributed by atoms with Gasteiger partial charge in [-0.1, -0.05) is 72.3 Å². The molecule has 0 spiro atoms. The third-order valence-electron chi connectivity index (χ3n) is 3.78. The van der Waals surface area contributed by atoms with E-state index in [4.69, 9.17) is 11.6 Å². The van der Waals surface area contributed by atoms with Crippen LogP contribution in [0.2, 0.25) is 5.15 Å². The number of carbonyl (C=O) groups is 1. The molecule has 1 aromatic heterocycles. The summed E-state index contributed by atoms with van der Waals surface area (Å²) in [5.41, 5.74) is 2.73. The SMILES string of the molecule is O=C(N[C@@H](Cc1ccccc1)c1ccccc1)c1ccc(Cl)nc1. The van der Waals surface area contributed by atoms with Gasteiger partial charge in [0, 0.05) is 6.20 Å². The van der Waals surface area contributed by atoms with Gasteiger partial charge in [0.15, 0.2) is 0 Å². The average molecular weight is 337 g/mol. The normalized spacial score (nSPS) is 11.7. The maximum atomic E-state index is 12.5. The molecule has 0 saturated carbocycles. The lowest BCUT2D eigenvalue weighted by Gasteiger charge is -2.19. The first-order valence-electron chi connectivity index (χ1n) is 7.73. The molecule has 1 heterocycles. The number of amides is 1. The number of aromatic nitrogens is 1. The highest BCUT2D eigenvalue weighted by molar-refractivity contribution is 6.29. The molecule has 0 radical (unpaired) electrons. The number of nitrogens with zero attached hydrogens (tertiary/aromatic N) is 1. The van der Waals surface area contributed by atoms with Gasteiger partial charge in [-0.3, -0.25) is 4.79 Å². The molecule has 1 N–H and O–H groups in total. The average Bonchev–Trinajstić information content (AvgIpc) is 2.63. The van der Waals surface area contributed by atoms with Crippen molar-refractivity contribution in [2.24, 2.45) is 0 Å². The van der Waals surface area contributed by atoms with Crippen LogP contribution in [0.5, 0.6) is 0 Å². The van der Waals surface area contributed by atoms with Crippen LogP contribution in [0.3, 0.4) is 0 Å². The zero-order chi connectivity index (χ0) is 16.8. The summed E-state index contributed by atoms with van der Waals surface area (Å²) in [5.74, 6) is -0.163. The van der Waals surface area contributed by atoms with E-state index < -0.39 is 0 Å². The molecule has 1 atom stereocenters. The molecule has 0 aliphatic carbocycles. The lowest BCUT2D eigenvalue weighted by atomic mass is 9.98. The van der Waals surface area contributed by atoms with Crippen molar-refractivity contribution in [1.29, 1.82) is 0 Å². The van der Waals surface area contributed by atoms with Crippen LogP contribution in [-0.4, -0.2) is 10.9 Å². The quantitative estimate of drug-likeness (QED) is 0.699. The number of halogens is 1. The number of benzene rings is 2. The van der Waals surface area contributed by atoms with E-state index in [1.807, 2.05) is 48.5 Å². The van der Waals surface area contributed by atoms with E-state index in [0.717, 1.165) is 12.0 Å². The van der Waals surface area contributed by atoms with Crippen molar-refractivity contribution >= 4 is 17.5 Å². The number of rotatable bonds is 5. The van der Waals surface area contributed by atoms with Gasteiger partial charge in [0.25, 0.3) is 5.91 Å². The Labute approximate surface area is 146 Å². The second kappa shape index (κ2) is 7.75. The van der Waals surface area contributed by atoms with E-state index >= 15 is 0 Å². The van der Waals surface area contributed by atoms with Gasteiger partial charge in [-0.25, -0.2) is 4.98 Å². The van der Waals surface area contributed by atoms with Crippen LogP contribution in [0.25, 0.3) is 0 Å². The van der Waals surface area contributed by atoms with Crippen molar-refractivity contribution in [2.75, 3.05) is 0 Å². The maximum Gasteiger partial charge on any atom is 0.253 e. The summed E-state index contributed by atoms with van der Waals surface area (Å²) in [5, 5.41) is 3.47. The number of nitrogens with one attached hydrogen (secondary N) is 1. The van der Waals surface area contributed by atoms with Gasteiger partial charge in [-0.05, 0) is 29.7 Å². The van der Waals surface area contributed by atoms with Crippen molar-refractivity contribution in [3.05, 3.63) is 101 Å². The zero-order valence-electron chi connectivity index (χ0n) is 13.0. The summed E-state index contributed by atoms with van der Waals surface area (Å²) < 4.78 is 0. The Kier molecular flexibility index (Phi) is 5.24. The lowest BCUT2D eigenvalue weighted by Crippen LogP contribution is -2.30. The van der Waals surface area contributed by atoms with Crippen LogP contribution in [0.15, 0.2) is 79.0 Å². The monoisotopic (exact) mass is 336 g/mol. The van der Waals surface area contributed by atoms with Crippen molar-refractivity contribution in [3.63, 3.8) is 0 Å². The molecule has 0 unspecified atom stereocenters. The second-order valence-electron chi connectivity index (χ2n) is 5.50. The number of pyridine rings is 1. The van der Waals surface area contributed by atoms with E-state index in [-0.39, 0.29) is 11.9 Å². The topological polar surface area (TPSA) is 42.0 Å². The van der Waals surface area contributed by atoms with Crippen LogP contribution >= 0.6 is 11.6 Å². The maximum absolute atomic E-state index is 12.5. The molecule has 3 aromatic rings. The number of carbonyl (C=O) groups excluding carboxylic acids is 1. The van der Waals surface area contributed by atoms with Gasteiger partial charge in [-0.2, -0.15) is 0 Å². The first-order valence-corrected chi connectivity index (χ1v) is 8.11. The molecule has 3 nitrogen and oxygen atoms in total. The molecule has 3 rings (SSSR count). The predicted octanol–water partition coefficient (Wildman–Crippen LogP) is 4.45. The highest BCUT2D eigenvalue weighted by Crippen LogP contribution is 2.19. The highest BCUT2D eigenvalue weighted by Gasteiger charge is 2.16. The molecule has 2 aromatic carbocycles. The zero-order valence-corrected chi connectivity index (χ0v) is 13.8. The second-order valence-corrected chi connectivity index (χ2v) is 5.88. The van der Waals surface area contributed by atoms with Gasteiger partial charge >= 0.3 is 0 Å². The lowest BCUT2D eigenvalue weighted by molar-refractivity contribution is 0.0936. The summed E-state index contributed by atoms with van der Waals surface area (Å²) in [4.78, 5) is 16.5. The molecule has 1 amide bonds. The van der Waals surface area contributed by atoms with Crippen LogP contribution in [-0.2, 0) is 6.42 Å². The highest BCUT2D eigenvalue weighted by atomic mass is 35.5. The summed E-state index contributed by atoms with van der Waals surface area (Å²) in [7, 11) is 0. The van der Waals surface area contributed by atoms with Crippen LogP contribution in [0, 0.1) is 0 Å². The van der Waals surface area contributed by atoms with Crippen molar-refractivity contribution < 1.29 is 4.79 Å². The first kappa shape index (κ1) is 16.2. The molecule has 0 aliphatic rings. The molecule has 120 valence electrons. The number of hydrogen-bond donors (Lipinski definition) is 1. The molecule has 0 fully saturated rings. The fraction of sp³-hybridized carbons (Fsp3) is 0.100. The van der Waals surface area contributed by atoms with Gasteiger partial charge in [0.1, 0.15) is 5.15 Å². The molecule has 0 aliphatic heterocycles. The fourth-order valence-electron chi connectivity index (χ4n) is 2.54. The minimum Gasteiger partial charge on any atom is -0.345 e. The Morgan fingerprint density at radius 3 is 2.25 bits per heavy atom. The Hall–Kier alpha value is -2.65. The summed E-state index contributed by atoms with van der Waals surface area (Å²) >= 11 is 5.78. The third-order valence-corrected chi connectivity index (χ3v) is 4.00. The van der Waals surface area contributed by atoms with Crippen molar-refractivity contribution in [2.45, 2.75) is 12.5 Å². The van der Waals surface area contributed by atoms with Gasteiger partial charge in [0.05, 0.1) is 11.6 Å². The van der Waals surface area contributed by atoms with Gasteiger partial charge < -0.3 is 5.32 Å². The Morgan fingerprint density at radius 1 is 0.958 bits per heavy atom. The summed E-state index contributed by atoms with van der Waals surface area (Å²) in [6.45, 7) is 0.